The molecule has 1 unspecified atom stereocenters. The summed E-state index contributed by atoms with van der Waals surface area (Å²) in [5.74, 6) is 0.168. The molecule has 2 N–H and O–H groups in total. The largest absolute Gasteiger partial charge is 0.507 e. The SMILES string of the molecule is Cc1cc(C(F)(F)F)cc(O)c1-c1cc2c(nn1)N(CC(C)O)CC2(C)C. The topological polar surface area (TPSA) is 69.5 Å². The molecule has 146 valence electrons. The first-order valence-corrected chi connectivity index (χ1v) is 8.62. The maximum Gasteiger partial charge on any atom is 0.416 e. The van der Waals surface area contributed by atoms with Gasteiger partial charge in [-0.1, -0.05) is 13.8 Å². The zero-order chi connectivity index (χ0) is 20.1. The summed E-state index contributed by atoms with van der Waals surface area (Å²) in [4.78, 5) is 1.94. The standard InChI is InChI=1S/C19H22F3N3O2/c1-10-5-12(19(20,21)22)6-15(27)16(10)14-7-13-17(24-23-14)25(8-11(2)26)9-18(13,3)4/h5-7,11,26-27H,8-9H2,1-4H3. The minimum atomic E-state index is -4.53. The predicted octanol–water partition coefficient (Wildman–Crippen LogP) is 3.65. The molecule has 2 heterocycles. The van der Waals surface area contributed by atoms with Crippen LogP contribution in [0.25, 0.3) is 11.3 Å². The molecule has 8 heteroatoms. The summed E-state index contributed by atoms with van der Waals surface area (Å²) in [5, 5.41) is 28.3. The molecule has 1 aliphatic rings. The number of aromatic hydroxyl groups is 1. The van der Waals surface area contributed by atoms with Crippen molar-refractivity contribution >= 4 is 5.82 Å². The number of hydrogen-bond acceptors (Lipinski definition) is 5. The number of fused-ring (bicyclic) bond motifs is 1. The van der Waals surface area contributed by atoms with Crippen molar-refractivity contribution in [2.75, 3.05) is 18.0 Å². The monoisotopic (exact) mass is 381 g/mol. The van der Waals surface area contributed by atoms with E-state index >= 15 is 0 Å². The summed E-state index contributed by atoms with van der Waals surface area (Å²) in [5.41, 5.74) is 0.538. The van der Waals surface area contributed by atoms with Gasteiger partial charge in [-0.2, -0.15) is 13.2 Å². The summed E-state index contributed by atoms with van der Waals surface area (Å²) < 4.78 is 38.8. The second-order valence-corrected chi connectivity index (χ2v) is 7.77. The number of phenols is 1. The first-order chi connectivity index (χ1) is 12.4. The number of rotatable bonds is 3. The van der Waals surface area contributed by atoms with Crippen LogP contribution in [0.4, 0.5) is 19.0 Å². The molecule has 1 aliphatic heterocycles. The van der Waals surface area contributed by atoms with E-state index in [1.807, 2.05) is 18.7 Å². The van der Waals surface area contributed by atoms with E-state index in [-0.39, 0.29) is 16.5 Å². The third-order valence-electron chi connectivity index (χ3n) is 4.77. The van der Waals surface area contributed by atoms with Crippen molar-refractivity contribution in [3.8, 4) is 17.0 Å². The van der Waals surface area contributed by atoms with Gasteiger partial charge in [0.25, 0.3) is 0 Å². The minimum absolute atomic E-state index is 0.239. The number of aliphatic hydroxyl groups is 1. The van der Waals surface area contributed by atoms with Crippen LogP contribution in [-0.4, -0.2) is 39.6 Å². The van der Waals surface area contributed by atoms with Crippen molar-refractivity contribution in [3.05, 3.63) is 34.9 Å². The number of β-amino-alcohol motifs (C(OH)–C–C–N with tert-alkyl or cyclic N) is 1. The number of aromatic nitrogens is 2. The molecule has 0 saturated carbocycles. The van der Waals surface area contributed by atoms with Gasteiger partial charge in [0.05, 0.1) is 17.4 Å². The number of hydrogen-bond donors (Lipinski definition) is 2. The molecule has 1 aromatic heterocycles. The molecule has 0 amide bonds. The van der Waals surface area contributed by atoms with E-state index in [0.29, 0.717) is 30.7 Å². The Labute approximate surface area is 155 Å². The van der Waals surface area contributed by atoms with Crippen LogP contribution in [0.1, 0.15) is 37.5 Å². The van der Waals surface area contributed by atoms with E-state index < -0.39 is 23.6 Å². The number of benzene rings is 1. The van der Waals surface area contributed by atoms with Gasteiger partial charge < -0.3 is 15.1 Å². The molecule has 2 aromatic rings. The van der Waals surface area contributed by atoms with Crippen LogP contribution < -0.4 is 4.90 Å². The predicted molar refractivity (Wildman–Crippen MR) is 95.8 cm³/mol. The molecule has 1 atom stereocenters. The van der Waals surface area contributed by atoms with E-state index in [4.69, 9.17) is 0 Å². The van der Waals surface area contributed by atoms with Gasteiger partial charge in [0, 0.05) is 29.6 Å². The maximum absolute atomic E-state index is 12.9. The Morgan fingerprint density at radius 3 is 2.44 bits per heavy atom. The van der Waals surface area contributed by atoms with Gasteiger partial charge in [0.2, 0.25) is 0 Å². The molecular weight excluding hydrogens is 359 g/mol. The lowest BCUT2D eigenvalue weighted by Gasteiger charge is -2.22. The van der Waals surface area contributed by atoms with E-state index in [9.17, 15) is 23.4 Å². The van der Waals surface area contributed by atoms with E-state index in [1.165, 1.54) is 6.92 Å². The van der Waals surface area contributed by atoms with Crippen molar-refractivity contribution in [3.63, 3.8) is 0 Å². The lowest BCUT2D eigenvalue weighted by Crippen LogP contribution is -2.34. The van der Waals surface area contributed by atoms with Gasteiger partial charge in [-0.3, -0.25) is 0 Å². The highest BCUT2D eigenvalue weighted by molar-refractivity contribution is 5.73. The van der Waals surface area contributed by atoms with Gasteiger partial charge in [-0.25, -0.2) is 0 Å². The molecule has 27 heavy (non-hydrogen) atoms. The number of aryl methyl sites for hydroxylation is 1. The highest BCUT2D eigenvalue weighted by atomic mass is 19.4. The highest BCUT2D eigenvalue weighted by Gasteiger charge is 2.38. The Balaban J connectivity index is 2.08. The van der Waals surface area contributed by atoms with Crippen LogP contribution in [0.5, 0.6) is 5.75 Å². The zero-order valence-corrected chi connectivity index (χ0v) is 15.6. The van der Waals surface area contributed by atoms with Gasteiger partial charge in [-0.05, 0) is 37.6 Å². The normalized spacial score (nSPS) is 17.1. The maximum atomic E-state index is 12.9. The summed E-state index contributed by atoms with van der Waals surface area (Å²) in [7, 11) is 0. The van der Waals surface area contributed by atoms with Gasteiger partial charge >= 0.3 is 6.18 Å². The van der Waals surface area contributed by atoms with Crippen LogP contribution >= 0.6 is 0 Å². The first kappa shape index (κ1) is 19.4. The molecule has 0 aliphatic carbocycles. The van der Waals surface area contributed by atoms with Crippen LogP contribution in [-0.2, 0) is 11.6 Å². The number of anilines is 1. The number of nitrogens with zero attached hydrogens (tertiary/aromatic N) is 3. The first-order valence-electron chi connectivity index (χ1n) is 8.62. The quantitative estimate of drug-likeness (QED) is 0.849. The van der Waals surface area contributed by atoms with Crippen LogP contribution in [0.2, 0.25) is 0 Å². The van der Waals surface area contributed by atoms with Crippen molar-refractivity contribution < 1.29 is 23.4 Å². The van der Waals surface area contributed by atoms with E-state index in [2.05, 4.69) is 10.2 Å². The number of phenolic OH excluding ortho intramolecular Hbond substituents is 1. The second-order valence-electron chi connectivity index (χ2n) is 7.77. The average molecular weight is 381 g/mol. The number of aliphatic hydroxyl groups excluding tert-OH is 1. The lowest BCUT2D eigenvalue weighted by atomic mass is 9.87. The molecule has 0 bridgehead atoms. The van der Waals surface area contributed by atoms with Crippen molar-refractivity contribution in [2.45, 2.75) is 45.4 Å². The smallest absolute Gasteiger partial charge is 0.416 e. The molecule has 0 spiro atoms. The van der Waals surface area contributed by atoms with Crippen molar-refractivity contribution in [1.29, 1.82) is 0 Å². The Morgan fingerprint density at radius 1 is 1.22 bits per heavy atom. The summed E-state index contributed by atoms with van der Waals surface area (Å²) >= 11 is 0. The molecule has 0 saturated heterocycles. The van der Waals surface area contributed by atoms with Crippen molar-refractivity contribution in [1.82, 2.24) is 10.2 Å². The van der Waals surface area contributed by atoms with Crippen LogP contribution in [0.3, 0.4) is 0 Å². The highest BCUT2D eigenvalue weighted by Crippen LogP contribution is 2.43. The van der Waals surface area contributed by atoms with Gasteiger partial charge in [0.1, 0.15) is 5.75 Å². The Bertz CT molecular complexity index is 856. The zero-order valence-electron chi connectivity index (χ0n) is 15.6. The fourth-order valence-electron chi connectivity index (χ4n) is 3.61. The summed E-state index contributed by atoms with van der Waals surface area (Å²) in [6, 6.07) is 3.47. The second kappa shape index (κ2) is 6.37. The van der Waals surface area contributed by atoms with Gasteiger partial charge in [0.15, 0.2) is 5.82 Å². The molecule has 3 rings (SSSR count). The lowest BCUT2D eigenvalue weighted by molar-refractivity contribution is -0.137. The molecular formula is C19H22F3N3O2. The average Bonchev–Trinajstić information content (AvgIpc) is 2.75. The van der Waals surface area contributed by atoms with E-state index in [0.717, 1.165) is 11.6 Å². The fourth-order valence-corrected chi connectivity index (χ4v) is 3.61. The molecule has 0 radical (unpaired) electrons. The summed E-state index contributed by atoms with van der Waals surface area (Å²) in [6.45, 7) is 8.30. The summed E-state index contributed by atoms with van der Waals surface area (Å²) in [6.07, 6.45) is -5.07. The third kappa shape index (κ3) is 3.58. The van der Waals surface area contributed by atoms with Crippen LogP contribution in [0.15, 0.2) is 18.2 Å². The fraction of sp³-hybridized carbons (Fsp3) is 0.474. The van der Waals surface area contributed by atoms with Gasteiger partial charge in [-0.15, -0.1) is 10.2 Å². The molecule has 0 fully saturated rings. The third-order valence-corrected chi connectivity index (χ3v) is 4.77. The molecule has 5 nitrogen and oxygen atoms in total. The molecule has 1 aromatic carbocycles. The van der Waals surface area contributed by atoms with Crippen LogP contribution in [0, 0.1) is 6.92 Å². The number of halogens is 3. The van der Waals surface area contributed by atoms with E-state index in [1.54, 1.807) is 13.0 Å². The minimum Gasteiger partial charge on any atom is -0.507 e. The Kier molecular flexibility index (Phi) is 4.58. The Hall–Kier alpha value is -2.35. The Morgan fingerprint density at radius 2 is 1.89 bits per heavy atom. The number of alkyl halides is 3. The van der Waals surface area contributed by atoms with Crippen molar-refractivity contribution in [2.24, 2.45) is 0 Å².